The number of nitrogens with zero attached hydrogens (tertiary/aromatic N) is 5. The van der Waals surface area contributed by atoms with Crippen molar-refractivity contribution in [2.75, 3.05) is 51.2 Å². The van der Waals surface area contributed by atoms with Crippen LogP contribution in [0.4, 0.5) is 11.4 Å². The van der Waals surface area contributed by atoms with Crippen molar-refractivity contribution in [2.24, 2.45) is 0 Å². The van der Waals surface area contributed by atoms with Crippen molar-refractivity contribution in [3.8, 4) is 6.07 Å². The van der Waals surface area contributed by atoms with E-state index in [1.165, 1.54) is 25.5 Å². The minimum atomic E-state index is -0.500. The van der Waals surface area contributed by atoms with E-state index in [0.717, 1.165) is 38.4 Å². The second-order valence-corrected chi connectivity index (χ2v) is 6.65. The van der Waals surface area contributed by atoms with E-state index in [4.69, 9.17) is 5.26 Å². The number of benzene rings is 1. The molecule has 0 bridgehead atoms. The van der Waals surface area contributed by atoms with Crippen LogP contribution < -0.4 is 4.90 Å². The van der Waals surface area contributed by atoms with Crippen LogP contribution in [0.3, 0.4) is 0 Å². The van der Waals surface area contributed by atoms with Crippen LogP contribution in [0, 0.1) is 21.4 Å². The fourth-order valence-electron chi connectivity index (χ4n) is 3.75. The number of hydrogen-bond donors (Lipinski definition) is 0. The molecule has 0 N–H and O–H groups in total. The molecule has 128 valence electrons. The normalized spacial score (nSPS) is 23.0. The number of nitriles is 1. The molecule has 2 aliphatic rings. The van der Waals surface area contributed by atoms with Gasteiger partial charge in [-0.3, -0.25) is 15.0 Å². The summed E-state index contributed by atoms with van der Waals surface area (Å²) >= 11 is 0. The molecule has 3 rings (SSSR count). The van der Waals surface area contributed by atoms with E-state index in [1.807, 2.05) is 6.07 Å². The summed E-state index contributed by atoms with van der Waals surface area (Å²) in [6, 6.07) is 7.41. The lowest BCUT2D eigenvalue weighted by molar-refractivity contribution is -0.385. The van der Waals surface area contributed by atoms with Crippen molar-refractivity contribution in [2.45, 2.75) is 18.9 Å². The van der Waals surface area contributed by atoms with Crippen molar-refractivity contribution in [1.29, 1.82) is 5.26 Å². The third-order valence-electron chi connectivity index (χ3n) is 5.09. The van der Waals surface area contributed by atoms with Crippen LogP contribution >= 0.6 is 0 Å². The lowest BCUT2D eigenvalue weighted by Crippen LogP contribution is -2.54. The van der Waals surface area contributed by atoms with Crippen LogP contribution in [0.1, 0.15) is 18.4 Å². The molecule has 0 aromatic heterocycles. The fraction of sp³-hybridized carbons (Fsp3) is 0.588. The van der Waals surface area contributed by atoms with E-state index in [1.54, 1.807) is 12.1 Å². The molecule has 7 nitrogen and oxygen atoms in total. The zero-order valence-corrected chi connectivity index (χ0v) is 14.0. The van der Waals surface area contributed by atoms with Crippen LogP contribution in [0.5, 0.6) is 0 Å². The largest absolute Gasteiger partial charge is 0.369 e. The van der Waals surface area contributed by atoms with Gasteiger partial charge in [-0.25, -0.2) is 0 Å². The summed E-state index contributed by atoms with van der Waals surface area (Å²) < 4.78 is 0. The number of likely N-dealkylation sites (tertiary alicyclic amines) is 1. The first-order chi connectivity index (χ1) is 11.6. The van der Waals surface area contributed by atoms with E-state index in [2.05, 4.69) is 21.7 Å². The van der Waals surface area contributed by atoms with Gasteiger partial charge in [-0.05, 0) is 38.6 Å². The first-order valence-electron chi connectivity index (χ1n) is 8.44. The van der Waals surface area contributed by atoms with Gasteiger partial charge in [0.2, 0.25) is 0 Å². The van der Waals surface area contributed by atoms with Crippen LogP contribution in [0.15, 0.2) is 18.2 Å². The highest BCUT2D eigenvalue weighted by Gasteiger charge is 2.27. The molecule has 2 aliphatic heterocycles. The molecule has 0 radical (unpaired) electrons. The Bertz CT molecular complexity index is 649. The number of nitro benzene ring substituents is 1. The molecule has 1 atom stereocenters. The molecule has 1 aromatic carbocycles. The van der Waals surface area contributed by atoms with Gasteiger partial charge in [-0.1, -0.05) is 0 Å². The number of likely N-dealkylation sites (N-methyl/N-ethyl adjacent to an activating group) is 1. The molecule has 1 aromatic rings. The van der Waals surface area contributed by atoms with Gasteiger partial charge >= 0.3 is 0 Å². The molecule has 0 spiro atoms. The maximum atomic E-state index is 10.9. The summed E-state index contributed by atoms with van der Waals surface area (Å²) in [7, 11) is 2.18. The SMILES string of the molecule is CN1CCC[C@@H](N2CCN(c3ccc([N+](=O)[O-])c(C#N)c3)CC2)C1. The van der Waals surface area contributed by atoms with Gasteiger partial charge in [0, 0.05) is 50.5 Å². The van der Waals surface area contributed by atoms with Gasteiger partial charge in [0.15, 0.2) is 0 Å². The Morgan fingerprint density at radius 2 is 2.00 bits per heavy atom. The maximum Gasteiger partial charge on any atom is 0.287 e. The summed E-state index contributed by atoms with van der Waals surface area (Å²) in [5.41, 5.74) is 0.913. The number of piperidine rings is 1. The van der Waals surface area contributed by atoms with Crippen LogP contribution in [-0.4, -0.2) is 67.1 Å². The fourth-order valence-corrected chi connectivity index (χ4v) is 3.75. The second-order valence-electron chi connectivity index (χ2n) is 6.65. The summed E-state index contributed by atoms with van der Waals surface area (Å²) in [6.45, 7) is 6.10. The highest BCUT2D eigenvalue weighted by atomic mass is 16.6. The minimum Gasteiger partial charge on any atom is -0.369 e. The Hall–Kier alpha value is -2.17. The minimum absolute atomic E-state index is 0.120. The lowest BCUT2D eigenvalue weighted by atomic mass is 10.0. The molecule has 0 unspecified atom stereocenters. The zero-order valence-electron chi connectivity index (χ0n) is 14.0. The molecule has 24 heavy (non-hydrogen) atoms. The van der Waals surface area contributed by atoms with Crippen molar-refractivity contribution in [1.82, 2.24) is 9.80 Å². The molecule has 7 heteroatoms. The molecule has 0 amide bonds. The third-order valence-corrected chi connectivity index (χ3v) is 5.09. The van der Waals surface area contributed by atoms with Gasteiger partial charge in [-0.2, -0.15) is 5.26 Å². The quantitative estimate of drug-likeness (QED) is 0.620. The number of rotatable bonds is 3. The van der Waals surface area contributed by atoms with Gasteiger partial charge in [0.25, 0.3) is 5.69 Å². The van der Waals surface area contributed by atoms with Crippen molar-refractivity contribution >= 4 is 11.4 Å². The zero-order chi connectivity index (χ0) is 17.1. The van der Waals surface area contributed by atoms with E-state index >= 15 is 0 Å². The lowest BCUT2D eigenvalue weighted by Gasteiger charge is -2.43. The Kier molecular flexibility index (Phi) is 4.97. The van der Waals surface area contributed by atoms with Crippen molar-refractivity contribution in [3.05, 3.63) is 33.9 Å². The highest BCUT2D eigenvalue weighted by Crippen LogP contribution is 2.26. The predicted octanol–water partition coefficient (Wildman–Crippen LogP) is 1.68. The highest BCUT2D eigenvalue weighted by molar-refractivity contribution is 5.60. The van der Waals surface area contributed by atoms with E-state index in [-0.39, 0.29) is 11.3 Å². The monoisotopic (exact) mass is 329 g/mol. The molecule has 2 heterocycles. The average Bonchev–Trinajstić information content (AvgIpc) is 2.61. The number of nitro groups is 1. The topological polar surface area (TPSA) is 76.7 Å². The molecular formula is C17H23N5O2. The smallest absolute Gasteiger partial charge is 0.287 e. The van der Waals surface area contributed by atoms with Gasteiger partial charge in [0.1, 0.15) is 11.6 Å². The summed E-state index contributed by atoms with van der Waals surface area (Å²) in [6.07, 6.45) is 2.52. The first kappa shape index (κ1) is 16.7. The van der Waals surface area contributed by atoms with E-state index in [9.17, 15) is 10.1 Å². The number of anilines is 1. The van der Waals surface area contributed by atoms with Crippen LogP contribution in [-0.2, 0) is 0 Å². The average molecular weight is 329 g/mol. The molecule has 0 saturated carbocycles. The second kappa shape index (κ2) is 7.16. The van der Waals surface area contributed by atoms with Gasteiger partial charge in [0.05, 0.1) is 4.92 Å². The molecule has 2 fully saturated rings. The van der Waals surface area contributed by atoms with Crippen molar-refractivity contribution in [3.63, 3.8) is 0 Å². The number of piperazine rings is 1. The van der Waals surface area contributed by atoms with Crippen LogP contribution in [0.25, 0.3) is 0 Å². The number of hydrogen-bond acceptors (Lipinski definition) is 6. The molecule has 0 aliphatic carbocycles. The maximum absolute atomic E-state index is 10.9. The first-order valence-corrected chi connectivity index (χ1v) is 8.44. The predicted molar refractivity (Wildman–Crippen MR) is 92.1 cm³/mol. The van der Waals surface area contributed by atoms with E-state index < -0.39 is 4.92 Å². The summed E-state index contributed by atoms with van der Waals surface area (Å²) in [5, 5.41) is 20.1. The molecular weight excluding hydrogens is 306 g/mol. The van der Waals surface area contributed by atoms with E-state index in [0.29, 0.717) is 6.04 Å². The Balaban J connectivity index is 1.64. The Morgan fingerprint density at radius 1 is 1.25 bits per heavy atom. The Morgan fingerprint density at radius 3 is 2.62 bits per heavy atom. The summed E-state index contributed by atoms with van der Waals surface area (Å²) in [4.78, 5) is 17.6. The molecule has 2 saturated heterocycles. The van der Waals surface area contributed by atoms with Crippen molar-refractivity contribution < 1.29 is 4.92 Å². The Labute approximate surface area is 142 Å². The summed E-state index contributed by atoms with van der Waals surface area (Å²) in [5.74, 6) is 0. The van der Waals surface area contributed by atoms with Gasteiger partial charge in [-0.15, -0.1) is 0 Å². The van der Waals surface area contributed by atoms with Crippen LogP contribution in [0.2, 0.25) is 0 Å². The standard InChI is InChI=1S/C17H23N5O2/c1-19-6-2-3-16(13-19)21-9-7-20(8-10-21)15-4-5-17(22(23)24)14(11-15)12-18/h4-5,11,16H,2-3,6-10,13H2,1H3/t16-/m1/s1. The van der Waals surface area contributed by atoms with Gasteiger partial charge < -0.3 is 9.80 Å². The third kappa shape index (κ3) is 3.50.